The molecule has 0 N–H and O–H groups in total. The van der Waals surface area contributed by atoms with Gasteiger partial charge in [-0.25, -0.2) is 4.98 Å². The Morgan fingerprint density at radius 1 is 0.339 bits per heavy atom. The molecule has 0 fully saturated rings. The summed E-state index contributed by atoms with van der Waals surface area (Å²) < 4.78 is 4.72. The molecular weight excluding hydrogens is 755 g/mol. The number of allylic oxidation sites excluding steroid dienone is 4. The Bertz CT molecular complexity index is 3540. The smallest absolute Gasteiger partial charge is 0.238 e. The summed E-state index contributed by atoms with van der Waals surface area (Å²) >= 11 is 0. The van der Waals surface area contributed by atoms with Crippen LogP contribution in [0.2, 0.25) is 0 Å². The molecule has 11 aromatic rings. The van der Waals surface area contributed by atoms with Crippen molar-refractivity contribution in [2.24, 2.45) is 0 Å². The van der Waals surface area contributed by atoms with Crippen LogP contribution < -0.4 is 0 Å². The first-order valence-electron chi connectivity index (χ1n) is 21.2. The number of rotatable bonds is 7. The van der Waals surface area contributed by atoms with Crippen LogP contribution in [-0.4, -0.2) is 24.1 Å². The molecule has 0 radical (unpaired) electrons. The highest BCUT2D eigenvalue weighted by Gasteiger charge is 2.24. The van der Waals surface area contributed by atoms with Crippen molar-refractivity contribution in [2.75, 3.05) is 0 Å². The van der Waals surface area contributed by atoms with Gasteiger partial charge >= 0.3 is 0 Å². The molecule has 292 valence electrons. The molecule has 5 nitrogen and oxygen atoms in total. The van der Waals surface area contributed by atoms with Crippen LogP contribution >= 0.6 is 0 Å². The van der Waals surface area contributed by atoms with Crippen molar-refractivity contribution in [1.82, 2.24) is 24.1 Å². The van der Waals surface area contributed by atoms with Crippen LogP contribution in [0, 0.1) is 0 Å². The Labute approximate surface area is 359 Å². The van der Waals surface area contributed by atoms with E-state index in [9.17, 15) is 0 Å². The van der Waals surface area contributed by atoms with E-state index in [1.54, 1.807) is 0 Å². The number of nitrogens with zero attached hydrogens (tertiary/aromatic N) is 5. The van der Waals surface area contributed by atoms with Crippen LogP contribution in [0.3, 0.4) is 0 Å². The Morgan fingerprint density at radius 3 is 1.61 bits per heavy atom. The van der Waals surface area contributed by atoms with Crippen molar-refractivity contribution in [3.63, 3.8) is 0 Å². The fraction of sp³-hybridized carbons (Fsp3) is 0.0351. The highest BCUT2D eigenvalue weighted by atomic mass is 15.2. The van der Waals surface area contributed by atoms with Crippen LogP contribution in [-0.2, 0) is 0 Å². The summed E-state index contributed by atoms with van der Waals surface area (Å²) in [7, 11) is 0. The molecule has 0 atom stereocenters. The Hall–Kier alpha value is -8.15. The van der Waals surface area contributed by atoms with Gasteiger partial charge in [0, 0.05) is 32.7 Å². The maximum Gasteiger partial charge on any atom is 0.238 e. The fourth-order valence-corrected chi connectivity index (χ4v) is 9.40. The van der Waals surface area contributed by atoms with Crippen LogP contribution in [0.15, 0.2) is 212 Å². The molecule has 0 amide bonds. The average Bonchev–Trinajstić information content (AvgIpc) is 3.88. The second kappa shape index (κ2) is 14.8. The summed E-state index contributed by atoms with van der Waals surface area (Å²) in [5.41, 5.74) is 14.8. The van der Waals surface area contributed by atoms with Gasteiger partial charge < -0.3 is 4.57 Å². The summed E-state index contributed by atoms with van der Waals surface area (Å²) in [6.07, 6.45) is 6.17. The molecule has 5 heteroatoms. The van der Waals surface area contributed by atoms with Crippen molar-refractivity contribution >= 4 is 54.8 Å². The molecule has 0 saturated heterocycles. The van der Waals surface area contributed by atoms with Crippen molar-refractivity contribution in [1.29, 1.82) is 0 Å². The zero-order valence-electron chi connectivity index (χ0n) is 33.9. The molecule has 3 aromatic heterocycles. The maximum atomic E-state index is 5.39. The van der Waals surface area contributed by atoms with Gasteiger partial charge in [-0.05, 0) is 70.5 Å². The minimum Gasteiger partial charge on any atom is -0.309 e. The summed E-state index contributed by atoms with van der Waals surface area (Å²) in [6, 6.07) is 71.2. The molecule has 0 saturated carbocycles. The highest BCUT2D eigenvalue weighted by Crippen LogP contribution is 2.43. The van der Waals surface area contributed by atoms with Crippen molar-refractivity contribution in [2.45, 2.75) is 12.8 Å². The van der Waals surface area contributed by atoms with Crippen LogP contribution in [0.4, 0.5) is 0 Å². The molecule has 12 rings (SSSR count). The molecular formula is C57H39N5. The third-order valence-electron chi connectivity index (χ3n) is 12.4. The zero-order valence-corrected chi connectivity index (χ0v) is 33.9. The molecule has 0 spiro atoms. The third kappa shape index (κ3) is 5.97. The lowest BCUT2D eigenvalue weighted by molar-refractivity contribution is 0.917. The lowest BCUT2D eigenvalue weighted by Crippen LogP contribution is -2.09. The van der Waals surface area contributed by atoms with Crippen molar-refractivity contribution in [3.8, 4) is 45.3 Å². The first kappa shape index (κ1) is 35.8. The zero-order chi connectivity index (χ0) is 41.0. The highest BCUT2D eigenvalue weighted by molar-refractivity contribution is 6.26. The lowest BCUT2D eigenvalue weighted by atomic mass is 9.93. The molecule has 0 unspecified atom stereocenters. The van der Waals surface area contributed by atoms with Gasteiger partial charge in [0.2, 0.25) is 5.95 Å². The predicted molar refractivity (Wildman–Crippen MR) is 256 cm³/mol. The molecule has 0 bridgehead atoms. The third-order valence-corrected chi connectivity index (χ3v) is 12.4. The lowest BCUT2D eigenvalue weighted by Gasteiger charge is -2.16. The van der Waals surface area contributed by atoms with Gasteiger partial charge in [-0.3, -0.25) is 4.57 Å². The second-order valence-electron chi connectivity index (χ2n) is 15.9. The minimum absolute atomic E-state index is 0.599. The van der Waals surface area contributed by atoms with E-state index in [2.05, 4.69) is 203 Å². The Balaban J connectivity index is 1.10. The molecule has 1 aliphatic rings. The number of hydrogen-bond donors (Lipinski definition) is 0. The number of para-hydroxylation sites is 3. The van der Waals surface area contributed by atoms with E-state index in [0.29, 0.717) is 17.6 Å². The predicted octanol–water partition coefficient (Wildman–Crippen LogP) is 14.3. The molecule has 8 aromatic carbocycles. The maximum absolute atomic E-state index is 5.39. The van der Waals surface area contributed by atoms with E-state index in [4.69, 9.17) is 15.0 Å². The summed E-state index contributed by atoms with van der Waals surface area (Å²) in [5, 5.41) is 4.61. The van der Waals surface area contributed by atoms with Gasteiger partial charge in [0.15, 0.2) is 11.6 Å². The van der Waals surface area contributed by atoms with Crippen LogP contribution in [0.1, 0.15) is 24.2 Å². The van der Waals surface area contributed by atoms with E-state index < -0.39 is 0 Å². The average molecular weight is 794 g/mol. The Morgan fingerprint density at radius 2 is 0.887 bits per heavy atom. The number of hydrogen-bond acceptors (Lipinski definition) is 3. The van der Waals surface area contributed by atoms with Crippen LogP contribution in [0.25, 0.3) is 100 Å². The summed E-state index contributed by atoms with van der Waals surface area (Å²) in [6.45, 7) is 0. The number of fused-ring (bicyclic) bond motifs is 7. The molecule has 0 aliphatic heterocycles. The van der Waals surface area contributed by atoms with Gasteiger partial charge in [0.1, 0.15) is 0 Å². The van der Waals surface area contributed by atoms with E-state index in [1.165, 1.54) is 22.3 Å². The van der Waals surface area contributed by atoms with E-state index >= 15 is 0 Å². The largest absolute Gasteiger partial charge is 0.309 e. The normalized spacial score (nSPS) is 12.9. The Kier molecular flexibility index (Phi) is 8.56. The SMILES string of the molecule is C1=C(c2ccccc2)CCC(c2nc(-c3ccccc3)nc(-n3c4ccccc4c4ccc5c(c6ccccc6n5-c5ccccc5-c5ccc(-c6ccccc6)cc5)c43)n2)=C1. The monoisotopic (exact) mass is 793 g/mol. The van der Waals surface area contributed by atoms with Crippen molar-refractivity contribution < 1.29 is 0 Å². The standard InChI is InChI=1S/C57H39N5/c1-4-16-38(17-5-1)40-28-32-42(33-29-40)45-22-10-13-25-49(45)61-51-27-15-12-24-48(51)53-52(61)37-36-47-46-23-11-14-26-50(46)62(54(47)53)57-59-55(43-20-8-3-9-21-43)58-56(60-57)44-34-30-41(31-35-44)39-18-6-2-7-19-39/h1-30,32-34,36-37H,31,35H2. The summed E-state index contributed by atoms with van der Waals surface area (Å²) in [5.74, 6) is 1.95. The number of aromatic nitrogens is 5. The topological polar surface area (TPSA) is 48.5 Å². The van der Waals surface area contributed by atoms with Gasteiger partial charge in [-0.15, -0.1) is 0 Å². The quantitative estimate of drug-likeness (QED) is 0.161. The first-order chi connectivity index (χ1) is 30.8. The molecule has 3 heterocycles. The van der Waals surface area contributed by atoms with Gasteiger partial charge in [0.25, 0.3) is 0 Å². The van der Waals surface area contributed by atoms with E-state index in [-0.39, 0.29) is 0 Å². The fourth-order valence-electron chi connectivity index (χ4n) is 9.40. The summed E-state index contributed by atoms with van der Waals surface area (Å²) in [4.78, 5) is 15.9. The van der Waals surface area contributed by atoms with Gasteiger partial charge in [0.05, 0.1) is 27.8 Å². The molecule has 62 heavy (non-hydrogen) atoms. The first-order valence-corrected chi connectivity index (χ1v) is 21.2. The van der Waals surface area contributed by atoms with Crippen LogP contribution in [0.5, 0.6) is 0 Å². The number of benzene rings is 8. The molecule has 1 aliphatic carbocycles. The van der Waals surface area contributed by atoms with Gasteiger partial charge in [-0.1, -0.05) is 188 Å². The minimum atomic E-state index is 0.599. The van der Waals surface area contributed by atoms with E-state index in [0.717, 1.165) is 84.4 Å². The van der Waals surface area contributed by atoms with Gasteiger partial charge in [-0.2, -0.15) is 9.97 Å². The van der Waals surface area contributed by atoms with Crippen molar-refractivity contribution in [3.05, 3.63) is 224 Å². The second-order valence-corrected chi connectivity index (χ2v) is 15.9. The van der Waals surface area contributed by atoms with E-state index in [1.807, 2.05) is 18.2 Å².